The van der Waals surface area contributed by atoms with Crippen molar-refractivity contribution in [2.75, 3.05) is 0 Å². The van der Waals surface area contributed by atoms with Gasteiger partial charge in [0.2, 0.25) is 0 Å². The highest BCUT2D eigenvalue weighted by Crippen LogP contribution is 2.34. The molecule has 0 atom stereocenters. The molecule has 1 heterocycles. The average Bonchev–Trinajstić information content (AvgIpc) is 2.28. The minimum atomic E-state index is -0.162. The molecule has 1 aliphatic heterocycles. The second kappa shape index (κ2) is 2.36. The van der Waals surface area contributed by atoms with E-state index in [-0.39, 0.29) is 5.60 Å². The van der Waals surface area contributed by atoms with Crippen molar-refractivity contribution in [2.45, 2.75) is 26.1 Å². The van der Waals surface area contributed by atoms with Crippen LogP contribution in [0.4, 0.5) is 0 Å². The van der Waals surface area contributed by atoms with Crippen molar-refractivity contribution in [3.05, 3.63) is 29.3 Å². The van der Waals surface area contributed by atoms with Crippen LogP contribution in [0.2, 0.25) is 0 Å². The van der Waals surface area contributed by atoms with Crippen molar-refractivity contribution in [1.82, 2.24) is 0 Å². The van der Waals surface area contributed by atoms with E-state index in [0.29, 0.717) is 6.61 Å². The van der Waals surface area contributed by atoms with Crippen LogP contribution in [0.25, 0.3) is 0 Å². The fraction of sp³-hybridized carbons (Fsp3) is 0.400. The fourth-order valence-electron chi connectivity index (χ4n) is 1.62. The molecule has 0 aliphatic carbocycles. The van der Waals surface area contributed by atoms with Crippen LogP contribution >= 0.6 is 0 Å². The number of hydrogen-bond donors (Lipinski definition) is 0. The molecule has 1 aliphatic rings. The minimum Gasteiger partial charge on any atom is -0.366 e. The van der Waals surface area contributed by atoms with E-state index in [4.69, 9.17) is 12.6 Å². The normalized spacial score (nSPS) is 19.2. The molecule has 0 bridgehead atoms. The molecular weight excluding hydrogens is 147 g/mol. The molecule has 2 heteroatoms. The first-order valence-corrected chi connectivity index (χ1v) is 4.12. The zero-order valence-corrected chi connectivity index (χ0v) is 7.42. The highest BCUT2D eigenvalue weighted by molar-refractivity contribution is 6.32. The van der Waals surface area contributed by atoms with Crippen LogP contribution in [-0.2, 0) is 16.9 Å². The summed E-state index contributed by atoms with van der Waals surface area (Å²) in [6.45, 7) is 4.85. The van der Waals surface area contributed by atoms with E-state index in [9.17, 15) is 0 Å². The third-order valence-electron chi connectivity index (χ3n) is 2.37. The fourth-order valence-corrected chi connectivity index (χ4v) is 1.62. The number of hydrogen-bond acceptors (Lipinski definition) is 1. The molecule has 0 spiro atoms. The molecule has 2 radical (unpaired) electrons. The Labute approximate surface area is 74.2 Å². The van der Waals surface area contributed by atoms with Crippen LogP contribution in [0.3, 0.4) is 0 Å². The Bertz CT molecular complexity index is 318. The van der Waals surface area contributed by atoms with E-state index in [0.717, 1.165) is 5.46 Å². The van der Waals surface area contributed by atoms with Crippen LogP contribution in [0.1, 0.15) is 25.0 Å². The average molecular weight is 158 g/mol. The zero-order valence-electron chi connectivity index (χ0n) is 7.42. The van der Waals surface area contributed by atoms with Crippen molar-refractivity contribution in [3.63, 3.8) is 0 Å². The summed E-state index contributed by atoms with van der Waals surface area (Å²) in [5.41, 5.74) is 3.13. The first-order valence-electron chi connectivity index (χ1n) is 4.12. The van der Waals surface area contributed by atoms with E-state index in [1.165, 1.54) is 11.1 Å². The van der Waals surface area contributed by atoms with Crippen molar-refractivity contribution in [1.29, 1.82) is 0 Å². The summed E-state index contributed by atoms with van der Waals surface area (Å²) in [5, 5.41) is 0. The van der Waals surface area contributed by atoms with Crippen molar-refractivity contribution >= 4 is 13.3 Å². The van der Waals surface area contributed by atoms with Gasteiger partial charge in [-0.25, -0.2) is 0 Å². The van der Waals surface area contributed by atoms with E-state index in [1.807, 2.05) is 18.2 Å². The van der Waals surface area contributed by atoms with Gasteiger partial charge in [-0.15, -0.1) is 0 Å². The van der Waals surface area contributed by atoms with Gasteiger partial charge in [0.25, 0.3) is 0 Å². The van der Waals surface area contributed by atoms with Gasteiger partial charge in [-0.3, -0.25) is 0 Å². The summed E-state index contributed by atoms with van der Waals surface area (Å²) < 4.78 is 5.61. The third-order valence-corrected chi connectivity index (χ3v) is 2.37. The van der Waals surface area contributed by atoms with Crippen LogP contribution in [0.5, 0.6) is 0 Å². The second-order valence-corrected chi connectivity index (χ2v) is 3.72. The summed E-state index contributed by atoms with van der Waals surface area (Å²) in [5.74, 6) is 0. The Balaban J connectivity index is 2.57. The van der Waals surface area contributed by atoms with Crippen LogP contribution < -0.4 is 5.46 Å². The summed E-state index contributed by atoms with van der Waals surface area (Å²) >= 11 is 0. The quantitative estimate of drug-likeness (QED) is 0.516. The summed E-state index contributed by atoms with van der Waals surface area (Å²) in [4.78, 5) is 0. The molecule has 0 N–H and O–H groups in total. The monoisotopic (exact) mass is 158 g/mol. The lowest BCUT2D eigenvalue weighted by Crippen LogP contribution is -2.16. The Morgan fingerprint density at radius 2 is 2.17 bits per heavy atom. The van der Waals surface area contributed by atoms with Gasteiger partial charge in [0.1, 0.15) is 7.85 Å². The maximum absolute atomic E-state index is 5.70. The third kappa shape index (κ3) is 1.07. The number of ether oxygens (including phenoxy) is 1. The standard InChI is InChI=1S/C10H11BO/c1-10(2)9-5-8(11)4-3-7(9)6-12-10/h3-5H,6H2,1-2H3. The molecule has 0 aromatic heterocycles. The molecule has 1 aromatic carbocycles. The van der Waals surface area contributed by atoms with Crippen molar-refractivity contribution < 1.29 is 4.74 Å². The topological polar surface area (TPSA) is 9.23 Å². The lowest BCUT2D eigenvalue weighted by molar-refractivity contribution is -0.00786. The van der Waals surface area contributed by atoms with Gasteiger partial charge >= 0.3 is 0 Å². The smallest absolute Gasteiger partial charge is 0.113 e. The van der Waals surface area contributed by atoms with Gasteiger partial charge in [-0.05, 0) is 25.0 Å². The van der Waals surface area contributed by atoms with Gasteiger partial charge in [-0.2, -0.15) is 0 Å². The number of benzene rings is 1. The Morgan fingerprint density at radius 1 is 1.42 bits per heavy atom. The summed E-state index contributed by atoms with van der Waals surface area (Å²) in [7, 11) is 5.70. The Kier molecular flexibility index (Phi) is 1.55. The van der Waals surface area contributed by atoms with Gasteiger partial charge in [0, 0.05) is 0 Å². The van der Waals surface area contributed by atoms with Gasteiger partial charge in [0.05, 0.1) is 12.2 Å². The number of rotatable bonds is 0. The first kappa shape index (κ1) is 7.87. The van der Waals surface area contributed by atoms with E-state index in [2.05, 4.69) is 13.8 Å². The molecule has 1 nitrogen and oxygen atoms in total. The van der Waals surface area contributed by atoms with E-state index >= 15 is 0 Å². The van der Waals surface area contributed by atoms with Crippen LogP contribution in [-0.4, -0.2) is 7.85 Å². The lowest BCUT2D eigenvalue weighted by atomic mass is 9.88. The maximum atomic E-state index is 5.70. The SMILES string of the molecule is [B]c1ccc2c(c1)C(C)(C)OC2. The van der Waals surface area contributed by atoms with Crippen molar-refractivity contribution in [3.8, 4) is 0 Å². The van der Waals surface area contributed by atoms with Crippen molar-refractivity contribution in [2.24, 2.45) is 0 Å². The highest BCUT2D eigenvalue weighted by atomic mass is 16.5. The highest BCUT2D eigenvalue weighted by Gasteiger charge is 2.30. The van der Waals surface area contributed by atoms with E-state index in [1.54, 1.807) is 0 Å². The van der Waals surface area contributed by atoms with Crippen LogP contribution in [0.15, 0.2) is 18.2 Å². The molecule has 1 aromatic rings. The largest absolute Gasteiger partial charge is 0.366 e. The zero-order chi connectivity index (χ0) is 8.77. The summed E-state index contributed by atoms with van der Waals surface area (Å²) in [6, 6.07) is 5.96. The molecule has 0 fully saturated rings. The molecule has 0 unspecified atom stereocenters. The van der Waals surface area contributed by atoms with Crippen LogP contribution in [0, 0.1) is 0 Å². The van der Waals surface area contributed by atoms with Gasteiger partial charge in [0.15, 0.2) is 0 Å². The number of fused-ring (bicyclic) bond motifs is 1. The Morgan fingerprint density at radius 3 is 2.92 bits per heavy atom. The molecule has 12 heavy (non-hydrogen) atoms. The minimum absolute atomic E-state index is 0.162. The molecule has 2 rings (SSSR count). The molecular formula is C10H11BO. The molecule has 0 amide bonds. The lowest BCUT2D eigenvalue weighted by Gasteiger charge is -2.18. The summed E-state index contributed by atoms with van der Waals surface area (Å²) in [6.07, 6.45) is 0. The predicted octanol–water partition coefficient (Wildman–Crippen LogP) is 1.25. The molecule has 0 saturated heterocycles. The van der Waals surface area contributed by atoms with E-state index < -0.39 is 0 Å². The van der Waals surface area contributed by atoms with Gasteiger partial charge < -0.3 is 4.74 Å². The molecule has 0 saturated carbocycles. The Hall–Kier alpha value is -0.755. The first-order chi connectivity index (χ1) is 5.59. The predicted molar refractivity (Wildman–Crippen MR) is 49.6 cm³/mol. The maximum Gasteiger partial charge on any atom is 0.113 e. The molecule has 60 valence electrons. The second-order valence-electron chi connectivity index (χ2n) is 3.72. The van der Waals surface area contributed by atoms with Gasteiger partial charge in [-0.1, -0.05) is 23.7 Å².